The SMILES string of the molecule is Cc1nc(CNC(=O)CCc2ccccc2)no1. The van der Waals surface area contributed by atoms with E-state index in [2.05, 4.69) is 15.5 Å². The number of hydrogen-bond donors (Lipinski definition) is 1. The third-order valence-electron chi connectivity index (χ3n) is 2.50. The molecule has 0 radical (unpaired) electrons. The van der Waals surface area contributed by atoms with Crippen LogP contribution >= 0.6 is 0 Å². The number of aryl methyl sites for hydroxylation is 2. The second-order valence-electron chi connectivity index (χ2n) is 3.99. The van der Waals surface area contributed by atoms with Gasteiger partial charge in [-0.25, -0.2) is 0 Å². The Morgan fingerprint density at radius 2 is 2.11 bits per heavy atom. The van der Waals surface area contributed by atoms with E-state index in [1.54, 1.807) is 6.92 Å². The van der Waals surface area contributed by atoms with E-state index in [0.29, 0.717) is 24.7 Å². The van der Waals surface area contributed by atoms with Gasteiger partial charge in [-0.2, -0.15) is 4.98 Å². The van der Waals surface area contributed by atoms with Crippen molar-refractivity contribution in [3.8, 4) is 0 Å². The van der Waals surface area contributed by atoms with Crippen molar-refractivity contribution in [2.75, 3.05) is 0 Å². The number of nitrogens with one attached hydrogen (secondary N) is 1. The zero-order valence-electron chi connectivity index (χ0n) is 10.2. The molecule has 0 aliphatic carbocycles. The maximum absolute atomic E-state index is 11.6. The molecule has 0 saturated carbocycles. The Labute approximate surface area is 105 Å². The Kier molecular flexibility index (Phi) is 4.06. The molecule has 2 rings (SSSR count). The van der Waals surface area contributed by atoms with Crippen molar-refractivity contribution in [3.05, 3.63) is 47.6 Å². The van der Waals surface area contributed by atoms with Crippen molar-refractivity contribution in [1.82, 2.24) is 15.5 Å². The van der Waals surface area contributed by atoms with Gasteiger partial charge < -0.3 is 9.84 Å². The van der Waals surface area contributed by atoms with Crippen LogP contribution in [0.1, 0.15) is 23.7 Å². The molecule has 94 valence electrons. The summed E-state index contributed by atoms with van der Waals surface area (Å²) < 4.78 is 4.81. The van der Waals surface area contributed by atoms with Gasteiger partial charge in [0.05, 0.1) is 6.54 Å². The predicted octanol–water partition coefficient (Wildman–Crippen LogP) is 1.63. The highest BCUT2D eigenvalue weighted by molar-refractivity contribution is 5.76. The van der Waals surface area contributed by atoms with Crippen LogP contribution in [-0.4, -0.2) is 16.0 Å². The molecule has 0 aliphatic rings. The molecule has 18 heavy (non-hydrogen) atoms. The molecule has 1 amide bonds. The van der Waals surface area contributed by atoms with E-state index in [4.69, 9.17) is 4.52 Å². The number of nitrogens with zero attached hydrogens (tertiary/aromatic N) is 2. The van der Waals surface area contributed by atoms with Crippen molar-refractivity contribution in [1.29, 1.82) is 0 Å². The molecule has 0 fully saturated rings. The molecular weight excluding hydrogens is 230 g/mol. The lowest BCUT2D eigenvalue weighted by Crippen LogP contribution is -2.23. The van der Waals surface area contributed by atoms with Crippen molar-refractivity contribution in [3.63, 3.8) is 0 Å². The molecule has 2 aromatic rings. The lowest BCUT2D eigenvalue weighted by molar-refractivity contribution is -0.121. The van der Waals surface area contributed by atoms with Crippen LogP contribution in [0.2, 0.25) is 0 Å². The minimum absolute atomic E-state index is 0.0127. The van der Waals surface area contributed by atoms with E-state index in [0.717, 1.165) is 12.0 Å². The number of aromatic nitrogens is 2. The summed E-state index contributed by atoms with van der Waals surface area (Å²) in [6.45, 7) is 2.03. The highest BCUT2D eigenvalue weighted by Gasteiger charge is 2.05. The molecule has 5 nitrogen and oxygen atoms in total. The van der Waals surface area contributed by atoms with E-state index in [1.807, 2.05) is 30.3 Å². The van der Waals surface area contributed by atoms with E-state index in [1.165, 1.54) is 0 Å². The summed E-state index contributed by atoms with van der Waals surface area (Å²) in [5.74, 6) is 0.991. The Morgan fingerprint density at radius 1 is 1.33 bits per heavy atom. The molecule has 0 bridgehead atoms. The van der Waals surface area contributed by atoms with Gasteiger partial charge in [-0.3, -0.25) is 4.79 Å². The molecule has 1 heterocycles. The molecule has 5 heteroatoms. The molecule has 0 spiro atoms. The quantitative estimate of drug-likeness (QED) is 0.869. The average molecular weight is 245 g/mol. The number of carbonyl (C=O) groups is 1. The number of carbonyl (C=O) groups excluding carboxylic acids is 1. The predicted molar refractivity (Wildman–Crippen MR) is 65.6 cm³/mol. The number of benzene rings is 1. The summed E-state index contributed by atoms with van der Waals surface area (Å²) in [7, 11) is 0. The Hall–Kier alpha value is -2.17. The summed E-state index contributed by atoms with van der Waals surface area (Å²) in [6, 6.07) is 9.92. The number of hydrogen-bond acceptors (Lipinski definition) is 4. The first kappa shape index (κ1) is 12.3. The summed E-state index contributed by atoms with van der Waals surface area (Å²) in [4.78, 5) is 15.6. The Morgan fingerprint density at radius 3 is 2.78 bits per heavy atom. The molecule has 0 atom stereocenters. The van der Waals surface area contributed by atoms with Gasteiger partial charge in [0.25, 0.3) is 0 Å². The van der Waals surface area contributed by atoms with Crippen LogP contribution in [0.5, 0.6) is 0 Å². The second-order valence-corrected chi connectivity index (χ2v) is 3.99. The zero-order chi connectivity index (χ0) is 12.8. The van der Waals surface area contributed by atoms with Crippen molar-refractivity contribution < 1.29 is 9.32 Å². The van der Waals surface area contributed by atoms with Crippen molar-refractivity contribution in [2.45, 2.75) is 26.3 Å². The van der Waals surface area contributed by atoms with Gasteiger partial charge in [0.2, 0.25) is 11.8 Å². The molecule has 1 N–H and O–H groups in total. The number of rotatable bonds is 5. The van der Waals surface area contributed by atoms with E-state index >= 15 is 0 Å². The minimum atomic E-state index is -0.0127. The second kappa shape index (κ2) is 5.95. The molecule has 0 aliphatic heterocycles. The number of amides is 1. The fourth-order valence-corrected chi connectivity index (χ4v) is 1.58. The van der Waals surface area contributed by atoms with Gasteiger partial charge in [-0.1, -0.05) is 35.5 Å². The monoisotopic (exact) mass is 245 g/mol. The van der Waals surface area contributed by atoms with Crippen LogP contribution < -0.4 is 5.32 Å². The fraction of sp³-hybridized carbons (Fsp3) is 0.308. The first-order valence-electron chi connectivity index (χ1n) is 5.84. The van der Waals surface area contributed by atoms with Crippen molar-refractivity contribution in [2.24, 2.45) is 0 Å². The Balaban J connectivity index is 1.73. The highest BCUT2D eigenvalue weighted by Crippen LogP contribution is 2.02. The van der Waals surface area contributed by atoms with Crippen LogP contribution in [0.25, 0.3) is 0 Å². The molecular formula is C13H15N3O2. The summed E-state index contributed by atoms with van der Waals surface area (Å²) in [5, 5.41) is 6.46. The van der Waals surface area contributed by atoms with Crippen LogP contribution in [-0.2, 0) is 17.8 Å². The van der Waals surface area contributed by atoms with Crippen LogP contribution in [0.4, 0.5) is 0 Å². The van der Waals surface area contributed by atoms with Crippen LogP contribution in [0.15, 0.2) is 34.9 Å². The summed E-state index contributed by atoms with van der Waals surface area (Å²) in [6.07, 6.45) is 1.19. The average Bonchev–Trinajstić information content (AvgIpc) is 2.81. The Bertz CT molecular complexity index is 508. The van der Waals surface area contributed by atoms with Gasteiger partial charge in [-0.15, -0.1) is 0 Å². The van der Waals surface area contributed by atoms with Gasteiger partial charge >= 0.3 is 0 Å². The smallest absolute Gasteiger partial charge is 0.223 e. The minimum Gasteiger partial charge on any atom is -0.349 e. The van der Waals surface area contributed by atoms with Crippen LogP contribution in [0.3, 0.4) is 0 Å². The standard InChI is InChI=1S/C13H15N3O2/c1-10-15-12(16-18-10)9-14-13(17)8-7-11-5-3-2-4-6-11/h2-6H,7-9H2,1H3,(H,14,17). The van der Waals surface area contributed by atoms with Gasteiger partial charge in [0.1, 0.15) is 0 Å². The summed E-state index contributed by atoms with van der Waals surface area (Å²) in [5.41, 5.74) is 1.16. The normalized spacial score (nSPS) is 10.3. The van der Waals surface area contributed by atoms with Gasteiger partial charge in [0, 0.05) is 13.3 Å². The highest BCUT2D eigenvalue weighted by atomic mass is 16.5. The van der Waals surface area contributed by atoms with E-state index in [-0.39, 0.29) is 5.91 Å². The zero-order valence-corrected chi connectivity index (χ0v) is 10.2. The lowest BCUT2D eigenvalue weighted by Gasteiger charge is -2.02. The maximum Gasteiger partial charge on any atom is 0.223 e. The topological polar surface area (TPSA) is 68.0 Å². The first-order valence-corrected chi connectivity index (χ1v) is 5.84. The van der Waals surface area contributed by atoms with E-state index in [9.17, 15) is 4.79 Å². The van der Waals surface area contributed by atoms with E-state index < -0.39 is 0 Å². The molecule has 1 aromatic carbocycles. The van der Waals surface area contributed by atoms with Gasteiger partial charge in [-0.05, 0) is 12.0 Å². The molecule has 0 unspecified atom stereocenters. The van der Waals surface area contributed by atoms with Crippen molar-refractivity contribution >= 4 is 5.91 Å². The fourth-order valence-electron chi connectivity index (χ4n) is 1.58. The lowest BCUT2D eigenvalue weighted by atomic mass is 10.1. The summed E-state index contributed by atoms with van der Waals surface area (Å²) >= 11 is 0. The van der Waals surface area contributed by atoms with Gasteiger partial charge in [0.15, 0.2) is 5.82 Å². The largest absolute Gasteiger partial charge is 0.349 e. The molecule has 1 aromatic heterocycles. The van der Waals surface area contributed by atoms with Crippen LogP contribution in [0, 0.1) is 6.92 Å². The molecule has 0 saturated heterocycles. The third kappa shape index (κ3) is 3.69. The first-order chi connectivity index (χ1) is 8.74. The maximum atomic E-state index is 11.6. The third-order valence-corrected chi connectivity index (χ3v) is 2.50.